The fraction of sp³-hybridized carbons (Fsp3) is 0.308. The molecule has 17 heavy (non-hydrogen) atoms. The van der Waals surface area contributed by atoms with Crippen LogP contribution in [0, 0.1) is 0 Å². The van der Waals surface area contributed by atoms with Gasteiger partial charge in [0.05, 0.1) is 24.6 Å². The van der Waals surface area contributed by atoms with Gasteiger partial charge in [0.2, 0.25) is 0 Å². The first-order valence-electron chi connectivity index (χ1n) is 5.70. The van der Waals surface area contributed by atoms with Crippen molar-refractivity contribution in [1.29, 1.82) is 0 Å². The van der Waals surface area contributed by atoms with E-state index in [0.717, 1.165) is 18.6 Å². The van der Waals surface area contributed by atoms with Crippen molar-refractivity contribution in [3.8, 4) is 0 Å². The van der Waals surface area contributed by atoms with Gasteiger partial charge < -0.3 is 13.7 Å². The zero-order chi connectivity index (χ0) is 11.7. The van der Waals surface area contributed by atoms with Crippen LogP contribution in [-0.4, -0.2) is 16.8 Å². The molecule has 3 rings (SSSR count). The van der Waals surface area contributed by atoms with Crippen molar-refractivity contribution < 1.29 is 13.6 Å². The first kappa shape index (κ1) is 10.2. The Morgan fingerprint density at radius 3 is 2.82 bits per heavy atom. The summed E-state index contributed by atoms with van der Waals surface area (Å²) in [5.41, 5.74) is 0.600. The predicted octanol–water partition coefficient (Wildman–Crippen LogP) is 2.68. The maximum absolute atomic E-state index is 12.2. The zero-order valence-electron chi connectivity index (χ0n) is 9.33. The third kappa shape index (κ3) is 2.11. The van der Waals surface area contributed by atoms with Gasteiger partial charge in [-0.2, -0.15) is 0 Å². The standard InChI is InChI=1S/C13H13NO3/c15-13(10-5-7-16-9-10)14(11-3-4-11)8-12-2-1-6-17-12/h1-2,5-7,9,11H,3-4,8H2. The normalized spacial score (nSPS) is 14.8. The number of carbonyl (C=O) groups excluding carboxylic acids is 1. The van der Waals surface area contributed by atoms with E-state index in [-0.39, 0.29) is 5.91 Å². The fourth-order valence-electron chi connectivity index (χ4n) is 1.88. The van der Waals surface area contributed by atoms with Crippen LogP contribution in [0.2, 0.25) is 0 Å². The average Bonchev–Trinajstić information content (AvgIpc) is 2.86. The van der Waals surface area contributed by atoms with Crippen molar-refractivity contribution in [2.45, 2.75) is 25.4 Å². The van der Waals surface area contributed by atoms with Gasteiger partial charge in [-0.05, 0) is 31.0 Å². The van der Waals surface area contributed by atoms with Crippen molar-refractivity contribution in [3.05, 3.63) is 48.3 Å². The molecule has 0 unspecified atom stereocenters. The van der Waals surface area contributed by atoms with Crippen LogP contribution >= 0.6 is 0 Å². The zero-order valence-corrected chi connectivity index (χ0v) is 9.33. The van der Waals surface area contributed by atoms with E-state index in [1.54, 1.807) is 12.3 Å². The molecule has 2 heterocycles. The third-order valence-corrected chi connectivity index (χ3v) is 2.92. The SMILES string of the molecule is O=C(c1ccoc1)N(Cc1ccco1)C1CC1. The number of amides is 1. The molecule has 88 valence electrons. The average molecular weight is 231 g/mol. The Labute approximate surface area is 98.8 Å². The molecule has 4 nitrogen and oxygen atoms in total. The van der Waals surface area contributed by atoms with E-state index in [1.807, 2.05) is 17.0 Å². The van der Waals surface area contributed by atoms with Crippen molar-refractivity contribution in [2.24, 2.45) is 0 Å². The molecule has 2 aromatic heterocycles. The van der Waals surface area contributed by atoms with Crippen LogP contribution in [0.1, 0.15) is 29.0 Å². The van der Waals surface area contributed by atoms with E-state index in [9.17, 15) is 4.79 Å². The lowest BCUT2D eigenvalue weighted by atomic mass is 10.2. The predicted molar refractivity (Wildman–Crippen MR) is 60.3 cm³/mol. The Morgan fingerprint density at radius 1 is 1.35 bits per heavy atom. The molecule has 1 amide bonds. The molecule has 1 aliphatic carbocycles. The van der Waals surface area contributed by atoms with Gasteiger partial charge in [-0.1, -0.05) is 0 Å². The van der Waals surface area contributed by atoms with Crippen LogP contribution in [0.15, 0.2) is 45.8 Å². The topological polar surface area (TPSA) is 46.6 Å². The van der Waals surface area contributed by atoms with Crippen LogP contribution in [0.5, 0.6) is 0 Å². The molecule has 1 fully saturated rings. The van der Waals surface area contributed by atoms with Gasteiger partial charge in [0.1, 0.15) is 12.0 Å². The second-order valence-electron chi connectivity index (χ2n) is 4.26. The molecule has 4 heteroatoms. The molecule has 2 aromatic rings. The second-order valence-corrected chi connectivity index (χ2v) is 4.26. The van der Waals surface area contributed by atoms with E-state index in [2.05, 4.69) is 0 Å². The fourth-order valence-corrected chi connectivity index (χ4v) is 1.88. The summed E-state index contributed by atoms with van der Waals surface area (Å²) >= 11 is 0. The molecule has 0 radical (unpaired) electrons. The van der Waals surface area contributed by atoms with Gasteiger partial charge in [0.15, 0.2) is 0 Å². The maximum atomic E-state index is 12.2. The lowest BCUT2D eigenvalue weighted by Crippen LogP contribution is -2.32. The molecular weight excluding hydrogens is 218 g/mol. The third-order valence-electron chi connectivity index (χ3n) is 2.92. The largest absolute Gasteiger partial charge is 0.472 e. The minimum Gasteiger partial charge on any atom is -0.472 e. The Balaban J connectivity index is 1.78. The Bertz CT molecular complexity index is 483. The molecule has 0 spiro atoms. The maximum Gasteiger partial charge on any atom is 0.257 e. The molecule has 0 saturated heterocycles. The Hall–Kier alpha value is -1.97. The van der Waals surface area contributed by atoms with Gasteiger partial charge in [-0.3, -0.25) is 4.79 Å². The van der Waals surface area contributed by atoms with Gasteiger partial charge in [-0.15, -0.1) is 0 Å². The van der Waals surface area contributed by atoms with E-state index in [4.69, 9.17) is 8.83 Å². The molecule has 1 saturated carbocycles. The van der Waals surface area contributed by atoms with Crippen LogP contribution in [0.4, 0.5) is 0 Å². The highest BCUT2D eigenvalue weighted by Crippen LogP contribution is 2.29. The summed E-state index contributed by atoms with van der Waals surface area (Å²) in [4.78, 5) is 14.1. The lowest BCUT2D eigenvalue weighted by Gasteiger charge is -2.20. The smallest absolute Gasteiger partial charge is 0.257 e. The molecule has 1 aliphatic rings. The molecule has 0 bridgehead atoms. The number of rotatable bonds is 4. The summed E-state index contributed by atoms with van der Waals surface area (Å²) in [6.07, 6.45) is 6.78. The number of hydrogen-bond donors (Lipinski definition) is 0. The van der Waals surface area contributed by atoms with Crippen LogP contribution in [0.3, 0.4) is 0 Å². The number of nitrogens with zero attached hydrogens (tertiary/aromatic N) is 1. The number of furan rings is 2. The van der Waals surface area contributed by atoms with Gasteiger partial charge in [0, 0.05) is 6.04 Å². The highest BCUT2D eigenvalue weighted by atomic mass is 16.3. The molecule has 0 N–H and O–H groups in total. The lowest BCUT2D eigenvalue weighted by molar-refractivity contribution is 0.0717. The van der Waals surface area contributed by atoms with Crippen molar-refractivity contribution in [2.75, 3.05) is 0 Å². The van der Waals surface area contributed by atoms with Crippen molar-refractivity contribution >= 4 is 5.91 Å². The quantitative estimate of drug-likeness (QED) is 0.812. The minimum atomic E-state index is 0.0117. The van der Waals surface area contributed by atoms with Crippen molar-refractivity contribution in [3.63, 3.8) is 0 Å². The first-order chi connectivity index (χ1) is 8.34. The van der Waals surface area contributed by atoms with Gasteiger partial charge in [-0.25, -0.2) is 0 Å². The van der Waals surface area contributed by atoms with E-state index < -0.39 is 0 Å². The van der Waals surface area contributed by atoms with Crippen LogP contribution < -0.4 is 0 Å². The second kappa shape index (κ2) is 4.13. The van der Waals surface area contributed by atoms with Gasteiger partial charge in [0.25, 0.3) is 5.91 Å². The highest BCUT2D eigenvalue weighted by Gasteiger charge is 2.33. The summed E-state index contributed by atoms with van der Waals surface area (Å²) in [6.45, 7) is 0.529. The summed E-state index contributed by atoms with van der Waals surface area (Å²) in [7, 11) is 0. The van der Waals surface area contributed by atoms with Gasteiger partial charge >= 0.3 is 0 Å². The Morgan fingerprint density at radius 2 is 2.24 bits per heavy atom. The summed E-state index contributed by atoms with van der Waals surface area (Å²) in [6, 6.07) is 5.77. The van der Waals surface area contributed by atoms with E-state index in [0.29, 0.717) is 18.2 Å². The molecule has 0 aromatic carbocycles. The summed E-state index contributed by atoms with van der Waals surface area (Å²) in [5.74, 6) is 0.825. The summed E-state index contributed by atoms with van der Waals surface area (Å²) < 4.78 is 10.2. The molecule has 0 atom stereocenters. The number of carbonyl (C=O) groups is 1. The summed E-state index contributed by atoms with van der Waals surface area (Å²) in [5, 5.41) is 0. The molecule has 0 aliphatic heterocycles. The Kier molecular flexibility index (Phi) is 2.48. The monoisotopic (exact) mass is 231 g/mol. The van der Waals surface area contributed by atoms with Crippen LogP contribution in [-0.2, 0) is 6.54 Å². The van der Waals surface area contributed by atoms with Crippen LogP contribution in [0.25, 0.3) is 0 Å². The highest BCUT2D eigenvalue weighted by molar-refractivity contribution is 5.94. The minimum absolute atomic E-state index is 0.0117. The first-order valence-corrected chi connectivity index (χ1v) is 5.70. The number of hydrogen-bond acceptors (Lipinski definition) is 3. The van der Waals surface area contributed by atoms with E-state index >= 15 is 0 Å². The molecular formula is C13H13NO3. The van der Waals surface area contributed by atoms with E-state index in [1.165, 1.54) is 12.5 Å². The van der Waals surface area contributed by atoms with Crippen molar-refractivity contribution in [1.82, 2.24) is 4.90 Å².